The van der Waals surface area contributed by atoms with E-state index in [2.05, 4.69) is 12.2 Å². The zero-order valence-electron chi connectivity index (χ0n) is 10.6. The number of carbonyl (C=O) groups is 1. The first-order chi connectivity index (χ1) is 8.17. The zero-order valence-corrected chi connectivity index (χ0v) is 10.6. The van der Waals surface area contributed by atoms with Gasteiger partial charge in [0.1, 0.15) is 0 Å². The third-order valence-corrected chi connectivity index (χ3v) is 2.86. The Morgan fingerprint density at radius 1 is 1.29 bits per heavy atom. The zero-order chi connectivity index (χ0) is 12.7. The molecule has 2 N–H and O–H groups in total. The predicted octanol–water partition coefficient (Wildman–Crippen LogP) is 2.14. The van der Waals surface area contributed by atoms with Crippen molar-refractivity contribution in [3.63, 3.8) is 0 Å². The lowest BCUT2D eigenvalue weighted by molar-refractivity contribution is 0.0942. The second-order valence-electron chi connectivity index (χ2n) is 4.16. The van der Waals surface area contributed by atoms with Gasteiger partial charge in [-0.25, -0.2) is 0 Å². The van der Waals surface area contributed by atoms with Crippen molar-refractivity contribution in [3.05, 3.63) is 35.4 Å². The van der Waals surface area contributed by atoms with Crippen LogP contribution in [0.1, 0.15) is 42.6 Å². The molecule has 0 aliphatic rings. The second-order valence-corrected chi connectivity index (χ2v) is 4.16. The molecule has 0 bridgehead atoms. The smallest absolute Gasteiger partial charge is 0.251 e. The Hall–Kier alpha value is -1.35. The average molecular weight is 235 g/mol. The topological polar surface area (TPSA) is 49.3 Å². The van der Waals surface area contributed by atoms with Gasteiger partial charge in [0.15, 0.2) is 0 Å². The van der Waals surface area contributed by atoms with E-state index in [1.165, 1.54) is 5.56 Å². The van der Waals surface area contributed by atoms with E-state index in [0.29, 0.717) is 18.5 Å². The summed E-state index contributed by atoms with van der Waals surface area (Å²) >= 11 is 0. The summed E-state index contributed by atoms with van der Waals surface area (Å²) in [6.45, 7) is 4.53. The summed E-state index contributed by atoms with van der Waals surface area (Å²) in [6.07, 6.45) is 1.98. The number of aliphatic hydroxyl groups excluding tert-OH is 1. The van der Waals surface area contributed by atoms with Gasteiger partial charge in [-0.05, 0) is 37.0 Å². The molecule has 1 aromatic rings. The summed E-state index contributed by atoms with van der Waals surface area (Å²) in [7, 11) is 0. The van der Waals surface area contributed by atoms with Crippen LogP contribution >= 0.6 is 0 Å². The fourth-order valence-electron chi connectivity index (χ4n) is 1.55. The van der Waals surface area contributed by atoms with Gasteiger partial charge in [0.2, 0.25) is 0 Å². The molecule has 3 heteroatoms. The van der Waals surface area contributed by atoms with E-state index in [0.717, 1.165) is 12.8 Å². The summed E-state index contributed by atoms with van der Waals surface area (Å²) in [5, 5.41) is 12.2. The molecule has 0 aromatic heterocycles. The van der Waals surface area contributed by atoms with Gasteiger partial charge in [-0.1, -0.05) is 26.0 Å². The van der Waals surface area contributed by atoms with E-state index >= 15 is 0 Å². The second kappa shape index (κ2) is 7.07. The van der Waals surface area contributed by atoms with Crippen molar-refractivity contribution >= 4 is 5.91 Å². The molecule has 0 radical (unpaired) electrons. The van der Waals surface area contributed by atoms with Crippen LogP contribution in [0.5, 0.6) is 0 Å². The molecule has 1 rings (SSSR count). The standard InChI is InChI=1S/C14H21NO2/c1-3-11-5-7-12(8-6-11)14(17)15-10-9-13(16)4-2/h5-8,13,16H,3-4,9-10H2,1-2H3,(H,15,17). The molecule has 1 unspecified atom stereocenters. The van der Waals surface area contributed by atoms with Crippen LogP contribution in [0.2, 0.25) is 0 Å². The fraction of sp³-hybridized carbons (Fsp3) is 0.500. The Bertz CT molecular complexity index is 346. The molecule has 94 valence electrons. The van der Waals surface area contributed by atoms with E-state index in [-0.39, 0.29) is 12.0 Å². The minimum Gasteiger partial charge on any atom is -0.393 e. The monoisotopic (exact) mass is 235 g/mol. The molecule has 0 aliphatic heterocycles. The number of benzene rings is 1. The summed E-state index contributed by atoms with van der Waals surface area (Å²) in [5.74, 6) is -0.0732. The van der Waals surface area contributed by atoms with Gasteiger partial charge in [-0.3, -0.25) is 4.79 Å². The SMILES string of the molecule is CCc1ccc(C(=O)NCCC(O)CC)cc1. The number of amides is 1. The number of aliphatic hydroxyl groups is 1. The molecule has 0 aliphatic carbocycles. The van der Waals surface area contributed by atoms with Crippen molar-refractivity contribution < 1.29 is 9.90 Å². The number of rotatable bonds is 6. The highest BCUT2D eigenvalue weighted by Gasteiger charge is 2.06. The largest absolute Gasteiger partial charge is 0.393 e. The van der Waals surface area contributed by atoms with E-state index in [9.17, 15) is 9.90 Å². The lowest BCUT2D eigenvalue weighted by Gasteiger charge is -2.09. The van der Waals surface area contributed by atoms with E-state index in [1.54, 1.807) is 0 Å². The Balaban J connectivity index is 2.41. The van der Waals surface area contributed by atoms with Crippen LogP contribution in [0.3, 0.4) is 0 Å². The van der Waals surface area contributed by atoms with Crippen LogP contribution in [-0.2, 0) is 6.42 Å². The Morgan fingerprint density at radius 3 is 2.47 bits per heavy atom. The van der Waals surface area contributed by atoms with Gasteiger partial charge < -0.3 is 10.4 Å². The number of aryl methyl sites for hydroxylation is 1. The fourth-order valence-corrected chi connectivity index (χ4v) is 1.55. The maximum Gasteiger partial charge on any atom is 0.251 e. The number of hydrogen-bond acceptors (Lipinski definition) is 2. The van der Waals surface area contributed by atoms with E-state index < -0.39 is 0 Å². The first-order valence-electron chi connectivity index (χ1n) is 6.22. The van der Waals surface area contributed by atoms with Crippen LogP contribution in [0.25, 0.3) is 0 Å². The third-order valence-electron chi connectivity index (χ3n) is 2.86. The Labute approximate surface area is 103 Å². The van der Waals surface area contributed by atoms with Gasteiger partial charge in [-0.2, -0.15) is 0 Å². The molecular formula is C14H21NO2. The summed E-state index contributed by atoms with van der Waals surface area (Å²) in [6, 6.07) is 7.61. The quantitative estimate of drug-likeness (QED) is 0.793. The number of nitrogens with one attached hydrogen (secondary N) is 1. The summed E-state index contributed by atoms with van der Waals surface area (Å²) in [5.41, 5.74) is 1.90. The van der Waals surface area contributed by atoms with Crippen LogP contribution in [0.4, 0.5) is 0 Å². The van der Waals surface area contributed by atoms with Crippen molar-refractivity contribution in [1.29, 1.82) is 0 Å². The minimum atomic E-state index is -0.322. The molecule has 0 heterocycles. The van der Waals surface area contributed by atoms with Crippen molar-refractivity contribution in [2.24, 2.45) is 0 Å². The van der Waals surface area contributed by atoms with Crippen molar-refractivity contribution in [1.82, 2.24) is 5.32 Å². The minimum absolute atomic E-state index is 0.0732. The molecule has 1 aromatic carbocycles. The van der Waals surface area contributed by atoms with E-state index in [1.807, 2.05) is 31.2 Å². The lowest BCUT2D eigenvalue weighted by atomic mass is 10.1. The molecule has 0 saturated carbocycles. The van der Waals surface area contributed by atoms with Crippen LogP contribution in [0.15, 0.2) is 24.3 Å². The maximum atomic E-state index is 11.7. The molecule has 0 fully saturated rings. The highest BCUT2D eigenvalue weighted by Crippen LogP contribution is 2.05. The molecule has 3 nitrogen and oxygen atoms in total. The highest BCUT2D eigenvalue weighted by atomic mass is 16.3. The summed E-state index contributed by atoms with van der Waals surface area (Å²) in [4.78, 5) is 11.7. The Morgan fingerprint density at radius 2 is 1.94 bits per heavy atom. The van der Waals surface area contributed by atoms with Crippen LogP contribution in [-0.4, -0.2) is 23.7 Å². The van der Waals surface area contributed by atoms with E-state index in [4.69, 9.17) is 0 Å². The first kappa shape index (κ1) is 13.7. The maximum absolute atomic E-state index is 11.7. The van der Waals surface area contributed by atoms with Gasteiger partial charge in [0.25, 0.3) is 5.91 Å². The van der Waals surface area contributed by atoms with Gasteiger partial charge in [-0.15, -0.1) is 0 Å². The number of carbonyl (C=O) groups excluding carboxylic acids is 1. The molecule has 17 heavy (non-hydrogen) atoms. The van der Waals surface area contributed by atoms with Crippen LogP contribution < -0.4 is 5.32 Å². The number of hydrogen-bond donors (Lipinski definition) is 2. The molecular weight excluding hydrogens is 214 g/mol. The predicted molar refractivity (Wildman–Crippen MR) is 69.1 cm³/mol. The van der Waals surface area contributed by atoms with Crippen LogP contribution in [0, 0.1) is 0 Å². The average Bonchev–Trinajstić information content (AvgIpc) is 2.38. The summed E-state index contributed by atoms with van der Waals surface area (Å²) < 4.78 is 0. The highest BCUT2D eigenvalue weighted by molar-refractivity contribution is 5.94. The Kier molecular flexibility index (Phi) is 5.70. The lowest BCUT2D eigenvalue weighted by Crippen LogP contribution is -2.26. The van der Waals surface area contributed by atoms with Gasteiger partial charge in [0, 0.05) is 12.1 Å². The van der Waals surface area contributed by atoms with Crippen molar-refractivity contribution in [3.8, 4) is 0 Å². The first-order valence-corrected chi connectivity index (χ1v) is 6.22. The van der Waals surface area contributed by atoms with Crippen molar-refractivity contribution in [2.75, 3.05) is 6.54 Å². The van der Waals surface area contributed by atoms with Gasteiger partial charge >= 0.3 is 0 Å². The van der Waals surface area contributed by atoms with Gasteiger partial charge in [0.05, 0.1) is 6.10 Å². The third kappa shape index (κ3) is 4.57. The molecule has 0 saturated heterocycles. The normalized spacial score (nSPS) is 12.2. The van der Waals surface area contributed by atoms with Crippen molar-refractivity contribution in [2.45, 2.75) is 39.2 Å². The molecule has 1 amide bonds. The molecule has 1 atom stereocenters. The molecule has 0 spiro atoms.